The van der Waals surface area contributed by atoms with Crippen LogP contribution in [0, 0.1) is 5.41 Å². The Morgan fingerprint density at radius 1 is 1.33 bits per heavy atom. The van der Waals surface area contributed by atoms with Gasteiger partial charge in [0.25, 0.3) is 0 Å². The van der Waals surface area contributed by atoms with Crippen LogP contribution in [0.25, 0.3) is 0 Å². The van der Waals surface area contributed by atoms with Crippen molar-refractivity contribution in [2.75, 3.05) is 0 Å². The second-order valence-electron chi connectivity index (χ2n) is 6.14. The van der Waals surface area contributed by atoms with Gasteiger partial charge in [0.1, 0.15) is 5.75 Å². The number of Topliss-reactive ketones (excluding diaryl/α,β-unsaturated/α-hetero) is 1. The van der Waals surface area contributed by atoms with Crippen molar-refractivity contribution in [2.24, 2.45) is 5.41 Å². The van der Waals surface area contributed by atoms with Crippen molar-refractivity contribution in [3.8, 4) is 5.75 Å². The third-order valence-corrected chi connectivity index (χ3v) is 3.09. The van der Waals surface area contributed by atoms with E-state index in [-0.39, 0.29) is 11.2 Å². The molecule has 0 aliphatic rings. The Kier molecular flexibility index (Phi) is 4.68. The van der Waals surface area contributed by atoms with Crippen LogP contribution >= 0.6 is 11.6 Å². The monoisotopic (exact) mass is 306 g/mol. The highest BCUT2D eigenvalue weighted by molar-refractivity contribution is 6.30. The fourth-order valence-corrected chi connectivity index (χ4v) is 2.08. The van der Waals surface area contributed by atoms with Gasteiger partial charge in [-0.2, -0.15) is 0 Å². The number of carbonyl (C=O) groups excluding carboxylic acids is 1. The maximum Gasteiger partial charge on any atom is 0.236 e. The molecule has 0 saturated heterocycles. The van der Waals surface area contributed by atoms with Gasteiger partial charge in [-0.25, -0.2) is 4.98 Å². The van der Waals surface area contributed by atoms with Crippen LogP contribution in [0.4, 0.5) is 0 Å². The van der Waals surface area contributed by atoms with E-state index in [4.69, 9.17) is 16.3 Å². The minimum Gasteiger partial charge on any atom is -0.463 e. The number of hydrogen-bond donors (Lipinski definition) is 0. The Morgan fingerprint density at radius 2 is 2.00 bits per heavy atom. The lowest BCUT2D eigenvalue weighted by molar-refractivity contribution is -0.131. The van der Waals surface area contributed by atoms with Crippen molar-refractivity contribution in [1.29, 1.82) is 0 Å². The third-order valence-electron chi connectivity index (χ3n) is 2.84. The number of aromatic nitrogens is 2. The van der Waals surface area contributed by atoms with Gasteiger partial charge in [-0.05, 0) is 29.7 Å². The van der Waals surface area contributed by atoms with E-state index in [9.17, 15) is 4.79 Å². The molecule has 1 unspecified atom stereocenters. The number of hydrogen-bond acceptors (Lipinski definition) is 3. The molecule has 1 aromatic carbocycles. The number of nitrogens with zero attached hydrogens (tertiary/aromatic N) is 2. The summed E-state index contributed by atoms with van der Waals surface area (Å²) in [5.74, 6) is 0.607. The molecule has 5 heteroatoms. The first-order chi connectivity index (χ1) is 9.85. The summed E-state index contributed by atoms with van der Waals surface area (Å²) in [6.45, 7) is 6.08. The van der Waals surface area contributed by atoms with Crippen LogP contribution in [-0.2, 0) is 4.79 Å². The van der Waals surface area contributed by atoms with Crippen molar-refractivity contribution in [2.45, 2.75) is 33.4 Å². The van der Waals surface area contributed by atoms with E-state index < -0.39 is 6.23 Å². The summed E-state index contributed by atoms with van der Waals surface area (Å²) in [7, 11) is 0. The van der Waals surface area contributed by atoms with Crippen molar-refractivity contribution < 1.29 is 9.53 Å². The van der Waals surface area contributed by atoms with E-state index in [0.29, 0.717) is 17.2 Å². The molecular formula is C16H19ClN2O2. The maximum absolute atomic E-state index is 12.5. The molecule has 1 atom stereocenters. The number of ether oxygens (including phenoxy) is 1. The average molecular weight is 307 g/mol. The second kappa shape index (κ2) is 6.31. The maximum atomic E-state index is 12.5. The predicted octanol–water partition coefficient (Wildman–Crippen LogP) is 4.12. The van der Waals surface area contributed by atoms with E-state index >= 15 is 0 Å². The van der Waals surface area contributed by atoms with Gasteiger partial charge in [-0.1, -0.05) is 32.4 Å². The molecule has 1 aromatic heterocycles. The number of benzene rings is 1. The van der Waals surface area contributed by atoms with Gasteiger partial charge in [0.2, 0.25) is 6.23 Å². The Labute approximate surface area is 129 Å². The van der Waals surface area contributed by atoms with E-state index in [1.165, 1.54) is 0 Å². The number of rotatable bonds is 5. The molecule has 0 bridgehead atoms. The minimum absolute atomic E-state index is 0.00968. The first kappa shape index (κ1) is 15.6. The quantitative estimate of drug-likeness (QED) is 0.834. The molecule has 0 spiro atoms. The van der Waals surface area contributed by atoms with Crippen LogP contribution in [0.15, 0.2) is 43.0 Å². The zero-order chi connectivity index (χ0) is 15.5. The highest BCUT2D eigenvalue weighted by atomic mass is 35.5. The lowest BCUT2D eigenvalue weighted by Crippen LogP contribution is -2.27. The molecule has 0 aliphatic carbocycles. The van der Waals surface area contributed by atoms with Crippen LogP contribution in [0.2, 0.25) is 5.02 Å². The standard InChI is InChI=1S/C16H19ClN2O2/c1-16(2,3)10-14(20)15(19-9-8-18-11-19)21-13-6-4-12(17)5-7-13/h4-9,11,15H,10H2,1-3H3. The van der Waals surface area contributed by atoms with Gasteiger partial charge in [0.15, 0.2) is 5.78 Å². The second-order valence-corrected chi connectivity index (χ2v) is 6.57. The summed E-state index contributed by atoms with van der Waals surface area (Å²) in [6.07, 6.45) is 4.64. The van der Waals surface area contributed by atoms with Gasteiger partial charge in [-0.3, -0.25) is 9.36 Å². The summed E-state index contributed by atoms with van der Waals surface area (Å²) in [5.41, 5.74) is -0.0979. The van der Waals surface area contributed by atoms with E-state index in [0.717, 1.165) is 0 Å². The molecular weight excluding hydrogens is 288 g/mol. The van der Waals surface area contributed by atoms with Crippen molar-refractivity contribution >= 4 is 17.4 Å². The lowest BCUT2D eigenvalue weighted by Gasteiger charge is -2.23. The fraction of sp³-hybridized carbons (Fsp3) is 0.375. The number of ketones is 1. The number of carbonyl (C=O) groups is 1. The lowest BCUT2D eigenvalue weighted by atomic mass is 9.89. The van der Waals surface area contributed by atoms with Crippen LogP contribution in [0.5, 0.6) is 5.75 Å². The first-order valence-electron chi connectivity index (χ1n) is 6.77. The van der Waals surface area contributed by atoms with E-state index in [1.54, 1.807) is 47.6 Å². The average Bonchev–Trinajstić information content (AvgIpc) is 2.89. The fourth-order valence-electron chi connectivity index (χ4n) is 1.95. The Balaban J connectivity index is 2.21. The zero-order valence-corrected chi connectivity index (χ0v) is 13.2. The predicted molar refractivity (Wildman–Crippen MR) is 82.4 cm³/mol. The molecule has 0 fully saturated rings. The first-order valence-corrected chi connectivity index (χ1v) is 7.15. The van der Waals surface area contributed by atoms with E-state index in [1.807, 2.05) is 20.8 Å². The van der Waals surface area contributed by atoms with Gasteiger partial charge < -0.3 is 4.74 Å². The summed E-state index contributed by atoms with van der Waals surface area (Å²) < 4.78 is 7.51. The summed E-state index contributed by atoms with van der Waals surface area (Å²) >= 11 is 5.86. The molecule has 4 nitrogen and oxygen atoms in total. The highest BCUT2D eigenvalue weighted by Gasteiger charge is 2.26. The highest BCUT2D eigenvalue weighted by Crippen LogP contribution is 2.26. The summed E-state index contributed by atoms with van der Waals surface area (Å²) in [6, 6.07) is 6.96. The number of halogens is 1. The van der Waals surface area contributed by atoms with Crippen LogP contribution in [-0.4, -0.2) is 15.3 Å². The molecule has 0 N–H and O–H groups in total. The molecule has 1 heterocycles. The van der Waals surface area contributed by atoms with Crippen LogP contribution in [0.1, 0.15) is 33.4 Å². The largest absolute Gasteiger partial charge is 0.463 e. The molecule has 21 heavy (non-hydrogen) atoms. The summed E-state index contributed by atoms with van der Waals surface area (Å²) in [4.78, 5) is 16.5. The SMILES string of the molecule is CC(C)(C)CC(=O)C(Oc1ccc(Cl)cc1)n1ccnc1. The smallest absolute Gasteiger partial charge is 0.236 e. The van der Waals surface area contributed by atoms with Crippen LogP contribution < -0.4 is 4.74 Å². The minimum atomic E-state index is -0.715. The van der Waals surface area contributed by atoms with Gasteiger partial charge in [0, 0.05) is 23.8 Å². The van der Waals surface area contributed by atoms with Gasteiger partial charge >= 0.3 is 0 Å². The molecule has 2 aromatic rings. The van der Waals surface area contributed by atoms with Gasteiger partial charge in [0.05, 0.1) is 6.33 Å². The zero-order valence-electron chi connectivity index (χ0n) is 12.4. The third kappa shape index (κ3) is 4.60. The van der Waals surface area contributed by atoms with Crippen molar-refractivity contribution in [1.82, 2.24) is 9.55 Å². The molecule has 0 amide bonds. The topological polar surface area (TPSA) is 44.1 Å². The molecule has 0 radical (unpaired) electrons. The van der Waals surface area contributed by atoms with Crippen molar-refractivity contribution in [3.63, 3.8) is 0 Å². The number of imidazole rings is 1. The molecule has 0 aliphatic heterocycles. The summed E-state index contributed by atoms with van der Waals surface area (Å²) in [5, 5.41) is 0.627. The normalized spacial score (nSPS) is 13.0. The Hall–Kier alpha value is -1.81. The Bertz CT molecular complexity index is 586. The van der Waals surface area contributed by atoms with Gasteiger partial charge in [-0.15, -0.1) is 0 Å². The molecule has 2 rings (SSSR count). The molecule has 0 saturated carbocycles. The molecule has 112 valence electrons. The Morgan fingerprint density at radius 3 is 2.52 bits per heavy atom. The van der Waals surface area contributed by atoms with Crippen LogP contribution in [0.3, 0.4) is 0 Å². The van der Waals surface area contributed by atoms with Crippen molar-refractivity contribution in [3.05, 3.63) is 48.0 Å². The van der Waals surface area contributed by atoms with E-state index in [2.05, 4.69) is 4.98 Å².